The summed E-state index contributed by atoms with van der Waals surface area (Å²) < 4.78 is 0. The van der Waals surface area contributed by atoms with Crippen LogP contribution < -0.4 is 0 Å². The van der Waals surface area contributed by atoms with E-state index in [1.165, 1.54) is 379 Å². The molecule has 0 saturated carbocycles. The van der Waals surface area contributed by atoms with E-state index in [4.69, 9.17) is 0 Å². The van der Waals surface area contributed by atoms with Crippen molar-refractivity contribution in [2.45, 2.75) is 386 Å². The second-order valence-electron chi connectivity index (χ2n) is 21.2. The van der Waals surface area contributed by atoms with Crippen LogP contribution >= 0.6 is 12.6 Å². The molecular weight excluding hydrogens is 765 g/mol. The molecule has 0 saturated heterocycles. The van der Waals surface area contributed by atoms with E-state index in [0.717, 1.165) is 5.75 Å². The Labute approximate surface area is 402 Å². The molecule has 0 aliphatic rings. The lowest BCUT2D eigenvalue weighted by molar-refractivity contribution is 0.507. The molecule has 0 radical (unpaired) electrons. The molecule has 62 heavy (non-hydrogen) atoms. The van der Waals surface area contributed by atoms with Gasteiger partial charge in [-0.2, -0.15) is 12.6 Å². The van der Waals surface area contributed by atoms with Crippen molar-refractivity contribution in [1.29, 1.82) is 0 Å². The van der Waals surface area contributed by atoms with E-state index in [1.807, 2.05) is 0 Å². The standard InChI is InChI=1S/C61H124S/c1-2-3-4-5-6-7-8-9-10-11-12-13-14-15-16-17-18-19-20-21-22-23-24-25-26-27-28-29-30-31-32-33-34-35-36-37-38-39-40-41-42-43-44-45-46-47-48-49-50-51-52-53-54-55-56-57-58-59-60-61-62/h62H,2-61H2,1H3. The summed E-state index contributed by atoms with van der Waals surface area (Å²) in [5, 5.41) is 0. The van der Waals surface area contributed by atoms with Gasteiger partial charge in [-0.1, -0.05) is 379 Å². The van der Waals surface area contributed by atoms with Crippen molar-refractivity contribution in [3.8, 4) is 0 Å². The molecule has 0 atom stereocenters. The van der Waals surface area contributed by atoms with E-state index in [9.17, 15) is 0 Å². The normalized spacial score (nSPS) is 11.7. The number of hydrogen-bond acceptors (Lipinski definition) is 1. The van der Waals surface area contributed by atoms with E-state index >= 15 is 0 Å². The first-order valence-electron chi connectivity index (χ1n) is 30.5. The van der Waals surface area contributed by atoms with Crippen molar-refractivity contribution in [2.75, 3.05) is 5.75 Å². The molecule has 0 nitrogen and oxygen atoms in total. The Balaban J connectivity index is 3.06. The Hall–Kier alpha value is 0.350. The van der Waals surface area contributed by atoms with E-state index in [-0.39, 0.29) is 0 Å². The van der Waals surface area contributed by atoms with Gasteiger partial charge in [-0.05, 0) is 12.2 Å². The van der Waals surface area contributed by atoms with Crippen LogP contribution in [0.5, 0.6) is 0 Å². The molecule has 1 heteroatoms. The molecule has 0 spiro atoms. The predicted octanol–water partition coefficient (Wildman–Crippen LogP) is 24.0. The topological polar surface area (TPSA) is 0 Å². The monoisotopic (exact) mass is 889 g/mol. The van der Waals surface area contributed by atoms with Gasteiger partial charge in [-0.3, -0.25) is 0 Å². The van der Waals surface area contributed by atoms with E-state index in [0.29, 0.717) is 0 Å². The zero-order chi connectivity index (χ0) is 44.4. The van der Waals surface area contributed by atoms with Crippen LogP contribution in [-0.2, 0) is 0 Å². The van der Waals surface area contributed by atoms with E-state index in [1.54, 1.807) is 0 Å². The highest BCUT2D eigenvalue weighted by atomic mass is 32.1. The van der Waals surface area contributed by atoms with Gasteiger partial charge in [0, 0.05) is 0 Å². The third-order valence-corrected chi connectivity index (χ3v) is 15.1. The summed E-state index contributed by atoms with van der Waals surface area (Å²) in [6.07, 6.45) is 87.5. The lowest BCUT2D eigenvalue weighted by Gasteiger charge is -2.05. The summed E-state index contributed by atoms with van der Waals surface area (Å²) in [7, 11) is 0. The van der Waals surface area contributed by atoms with Crippen molar-refractivity contribution < 1.29 is 0 Å². The SMILES string of the molecule is CCCCCCCCCCCCCCCCCCCCCCCCCCCCCCCCCCCCCCCCCCCCCCCCCCCCCCCCCCCCCS. The number of unbranched alkanes of at least 4 members (excludes halogenated alkanes) is 58. The quantitative estimate of drug-likeness (QED) is 0.0457. The van der Waals surface area contributed by atoms with Gasteiger partial charge in [0.05, 0.1) is 0 Å². The minimum absolute atomic E-state index is 1.07. The molecular formula is C61H124S. The lowest BCUT2D eigenvalue weighted by atomic mass is 10.0. The Morgan fingerprint density at radius 3 is 0.290 bits per heavy atom. The maximum absolute atomic E-state index is 4.31. The third kappa shape index (κ3) is 60.4. The van der Waals surface area contributed by atoms with Crippen LogP contribution in [-0.4, -0.2) is 5.75 Å². The minimum atomic E-state index is 1.07. The molecule has 0 unspecified atom stereocenters. The molecule has 0 aliphatic carbocycles. The summed E-state index contributed by atoms with van der Waals surface area (Å²) in [6.45, 7) is 2.31. The van der Waals surface area contributed by atoms with Crippen LogP contribution in [0.3, 0.4) is 0 Å². The van der Waals surface area contributed by atoms with E-state index < -0.39 is 0 Å². The first-order chi connectivity index (χ1) is 30.9. The zero-order valence-corrected chi connectivity index (χ0v) is 44.8. The molecule has 0 bridgehead atoms. The Morgan fingerprint density at radius 2 is 0.210 bits per heavy atom. The van der Waals surface area contributed by atoms with Crippen LogP contribution in [0.2, 0.25) is 0 Å². The minimum Gasteiger partial charge on any atom is -0.179 e. The Morgan fingerprint density at radius 1 is 0.129 bits per heavy atom. The third-order valence-electron chi connectivity index (χ3n) is 14.8. The molecule has 0 aliphatic heterocycles. The first-order valence-corrected chi connectivity index (χ1v) is 31.2. The second-order valence-corrected chi connectivity index (χ2v) is 21.7. The van der Waals surface area contributed by atoms with Crippen LogP contribution in [0.15, 0.2) is 0 Å². The summed E-state index contributed by atoms with van der Waals surface area (Å²) in [5.41, 5.74) is 0. The molecule has 0 heterocycles. The van der Waals surface area contributed by atoms with Crippen molar-refractivity contribution in [3.05, 3.63) is 0 Å². The van der Waals surface area contributed by atoms with Crippen LogP contribution in [0, 0.1) is 0 Å². The summed E-state index contributed by atoms with van der Waals surface area (Å²) in [5.74, 6) is 1.07. The predicted molar refractivity (Wildman–Crippen MR) is 292 cm³/mol. The van der Waals surface area contributed by atoms with Crippen molar-refractivity contribution in [1.82, 2.24) is 0 Å². The van der Waals surface area contributed by atoms with Gasteiger partial charge in [0.1, 0.15) is 0 Å². The zero-order valence-electron chi connectivity index (χ0n) is 43.9. The maximum Gasteiger partial charge on any atom is -0.00979 e. The van der Waals surface area contributed by atoms with Crippen LogP contribution in [0.25, 0.3) is 0 Å². The molecule has 0 N–H and O–H groups in total. The lowest BCUT2D eigenvalue weighted by Crippen LogP contribution is -1.85. The second kappa shape index (κ2) is 61.4. The number of thiol groups is 1. The fourth-order valence-electron chi connectivity index (χ4n) is 10.3. The molecule has 0 fully saturated rings. The van der Waals surface area contributed by atoms with Gasteiger partial charge in [0.15, 0.2) is 0 Å². The summed E-state index contributed by atoms with van der Waals surface area (Å²) in [4.78, 5) is 0. The highest BCUT2D eigenvalue weighted by Gasteiger charge is 2.00. The highest BCUT2D eigenvalue weighted by molar-refractivity contribution is 7.80. The molecule has 0 aromatic heterocycles. The van der Waals surface area contributed by atoms with Crippen molar-refractivity contribution in [2.24, 2.45) is 0 Å². The molecule has 0 amide bonds. The first kappa shape index (κ1) is 62.4. The van der Waals surface area contributed by atoms with Crippen LogP contribution in [0.4, 0.5) is 0 Å². The summed E-state index contributed by atoms with van der Waals surface area (Å²) >= 11 is 4.31. The average Bonchev–Trinajstić information content (AvgIpc) is 3.28. The number of rotatable bonds is 59. The van der Waals surface area contributed by atoms with Gasteiger partial charge < -0.3 is 0 Å². The molecule has 0 aromatic rings. The Bertz CT molecular complexity index is 656. The van der Waals surface area contributed by atoms with Gasteiger partial charge in [0.2, 0.25) is 0 Å². The molecule has 374 valence electrons. The molecule has 0 aromatic carbocycles. The fraction of sp³-hybridized carbons (Fsp3) is 1.00. The van der Waals surface area contributed by atoms with Gasteiger partial charge in [-0.15, -0.1) is 0 Å². The smallest absolute Gasteiger partial charge is 0.00979 e. The largest absolute Gasteiger partial charge is 0.179 e. The average molecular weight is 890 g/mol. The maximum atomic E-state index is 4.31. The van der Waals surface area contributed by atoms with Gasteiger partial charge in [0.25, 0.3) is 0 Å². The van der Waals surface area contributed by atoms with Gasteiger partial charge >= 0.3 is 0 Å². The summed E-state index contributed by atoms with van der Waals surface area (Å²) in [6, 6.07) is 0. The highest BCUT2D eigenvalue weighted by Crippen LogP contribution is 2.20. The van der Waals surface area contributed by atoms with E-state index in [2.05, 4.69) is 19.6 Å². The van der Waals surface area contributed by atoms with Crippen LogP contribution in [0.1, 0.15) is 386 Å². The molecule has 0 rings (SSSR count). The van der Waals surface area contributed by atoms with Crippen molar-refractivity contribution >= 4 is 12.6 Å². The fourth-order valence-corrected chi connectivity index (χ4v) is 10.5. The van der Waals surface area contributed by atoms with Gasteiger partial charge in [-0.25, -0.2) is 0 Å². The Kier molecular flexibility index (Phi) is 61.7. The number of hydrogen-bond donors (Lipinski definition) is 1. The van der Waals surface area contributed by atoms with Crippen molar-refractivity contribution in [3.63, 3.8) is 0 Å².